The Morgan fingerprint density at radius 1 is 1.03 bits per heavy atom. The van der Waals surface area contributed by atoms with Crippen LogP contribution in [0.5, 0.6) is 0 Å². The molecule has 1 aliphatic heterocycles. The van der Waals surface area contributed by atoms with Crippen molar-refractivity contribution in [2.75, 3.05) is 0 Å². The van der Waals surface area contributed by atoms with Crippen molar-refractivity contribution in [3.05, 3.63) is 104 Å². The Hall–Kier alpha value is -2.70. The van der Waals surface area contributed by atoms with Crippen LogP contribution in [0, 0.1) is 6.92 Å². The monoisotopic (exact) mass is 525 g/mol. The number of nitrogens with one attached hydrogen (secondary N) is 1. The number of nitrogens with zero attached hydrogens (tertiary/aromatic N) is 2. The summed E-state index contributed by atoms with van der Waals surface area (Å²) in [4.78, 5) is 17.9. The average Bonchev–Trinajstić information content (AvgIpc) is 3.33. The van der Waals surface area contributed by atoms with Crippen molar-refractivity contribution in [2.45, 2.75) is 13.5 Å². The van der Waals surface area contributed by atoms with E-state index in [4.69, 9.17) is 34.8 Å². The molecule has 3 aromatic carbocycles. The molecule has 0 bridgehead atoms. The van der Waals surface area contributed by atoms with E-state index in [0.717, 1.165) is 33.3 Å². The lowest BCUT2D eigenvalue weighted by Crippen LogP contribution is -2.19. The summed E-state index contributed by atoms with van der Waals surface area (Å²) in [5.74, 6) is -0.176. The zero-order valence-corrected chi connectivity index (χ0v) is 21.1. The summed E-state index contributed by atoms with van der Waals surface area (Å²) in [6, 6.07) is 19.2. The van der Waals surface area contributed by atoms with E-state index in [-0.39, 0.29) is 5.91 Å². The number of hydrogen-bond acceptors (Lipinski definition) is 3. The smallest absolute Gasteiger partial charge is 0.264 e. The van der Waals surface area contributed by atoms with Gasteiger partial charge in [0.05, 0.1) is 20.6 Å². The van der Waals surface area contributed by atoms with Gasteiger partial charge in [0.2, 0.25) is 0 Å². The van der Waals surface area contributed by atoms with Crippen molar-refractivity contribution in [3.8, 4) is 0 Å². The first kappa shape index (κ1) is 23.1. The third-order valence-electron chi connectivity index (χ3n) is 5.49. The van der Waals surface area contributed by atoms with Gasteiger partial charge < -0.3 is 9.88 Å². The van der Waals surface area contributed by atoms with Crippen LogP contribution in [0.3, 0.4) is 0 Å². The number of thioether (sulfide) groups is 1. The summed E-state index contributed by atoms with van der Waals surface area (Å²) in [7, 11) is 0. The summed E-state index contributed by atoms with van der Waals surface area (Å²) in [6.07, 6.45) is 3.95. The molecule has 1 amide bonds. The fourth-order valence-corrected chi connectivity index (χ4v) is 5.10. The Labute approximate surface area is 216 Å². The van der Waals surface area contributed by atoms with Crippen molar-refractivity contribution < 1.29 is 4.79 Å². The number of amidine groups is 1. The van der Waals surface area contributed by atoms with Gasteiger partial charge in [-0.3, -0.25) is 4.79 Å². The fourth-order valence-electron chi connectivity index (χ4n) is 3.79. The van der Waals surface area contributed by atoms with E-state index in [1.165, 1.54) is 11.8 Å². The minimum atomic E-state index is -0.176. The molecule has 1 fully saturated rings. The highest BCUT2D eigenvalue weighted by Gasteiger charge is 2.24. The van der Waals surface area contributed by atoms with Crippen molar-refractivity contribution in [1.82, 2.24) is 9.88 Å². The molecule has 0 atom stereocenters. The molecule has 1 aliphatic rings. The highest BCUT2D eigenvalue weighted by Crippen LogP contribution is 2.33. The molecule has 170 valence electrons. The van der Waals surface area contributed by atoms with Crippen molar-refractivity contribution in [2.24, 2.45) is 4.99 Å². The summed E-state index contributed by atoms with van der Waals surface area (Å²) < 4.78 is 2.14. The molecule has 34 heavy (non-hydrogen) atoms. The molecule has 4 nitrogen and oxygen atoms in total. The molecule has 0 aliphatic carbocycles. The SMILES string of the molecule is Cc1ccc(Cl)cc1N=C1NC(=O)/C(=C/c2cn(Cc3ccc(Cl)c(Cl)c3)c3ccccc23)S1. The van der Waals surface area contributed by atoms with Crippen LogP contribution in [0.2, 0.25) is 15.1 Å². The van der Waals surface area contributed by atoms with Crippen LogP contribution in [-0.2, 0) is 11.3 Å². The highest BCUT2D eigenvalue weighted by molar-refractivity contribution is 8.18. The molecule has 8 heteroatoms. The highest BCUT2D eigenvalue weighted by atomic mass is 35.5. The molecular formula is C26H18Cl3N3OS. The van der Waals surface area contributed by atoms with E-state index in [1.54, 1.807) is 12.1 Å². The molecule has 2 heterocycles. The average molecular weight is 527 g/mol. The third kappa shape index (κ3) is 4.75. The fraction of sp³-hybridized carbons (Fsp3) is 0.0769. The predicted molar refractivity (Wildman–Crippen MR) is 144 cm³/mol. The van der Waals surface area contributed by atoms with Crippen LogP contribution >= 0.6 is 46.6 Å². The second kappa shape index (κ2) is 9.51. The van der Waals surface area contributed by atoms with Crippen LogP contribution in [0.25, 0.3) is 17.0 Å². The van der Waals surface area contributed by atoms with Crippen LogP contribution in [0.4, 0.5) is 5.69 Å². The number of rotatable bonds is 4. The number of aliphatic imine (C=N–C) groups is 1. The Morgan fingerprint density at radius 3 is 2.68 bits per heavy atom. The summed E-state index contributed by atoms with van der Waals surface area (Å²) in [6.45, 7) is 2.58. The number of aromatic nitrogens is 1. The number of halogens is 3. The van der Waals surface area contributed by atoms with Gasteiger partial charge in [0, 0.05) is 34.2 Å². The minimum absolute atomic E-state index is 0.176. The number of aryl methyl sites for hydroxylation is 1. The molecule has 4 aromatic rings. The largest absolute Gasteiger partial charge is 0.342 e. The number of carbonyl (C=O) groups is 1. The Kier molecular flexibility index (Phi) is 6.45. The van der Waals surface area contributed by atoms with Crippen LogP contribution < -0.4 is 5.32 Å². The number of hydrogen-bond donors (Lipinski definition) is 1. The number of para-hydroxylation sites is 1. The van der Waals surface area contributed by atoms with E-state index in [9.17, 15) is 4.79 Å². The lowest BCUT2D eigenvalue weighted by molar-refractivity contribution is -0.115. The van der Waals surface area contributed by atoms with Gasteiger partial charge in [-0.1, -0.05) is 65.1 Å². The number of fused-ring (bicyclic) bond motifs is 1. The molecule has 1 N–H and O–H groups in total. The van der Waals surface area contributed by atoms with Gasteiger partial charge in [0.25, 0.3) is 5.91 Å². The molecule has 5 rings (SSSR count). The molecule has 1 aromatic heterocycles. The van der Waals surface area contributed by atoms with Gasteiger partial charge in [-0.15, -0.1) is 0 Å². The molecule has 1 saturated heterocycles. The topological polar surface area (TPSA) is 46.4 Å². The number of amides is 1. The first-order valence-electron chi connectivity index (χ1n) is 10.4. The van der Waals surface area contributed by atoms with Gasteiger partial charge in [-0.05, 0) is 66.2 Å². The van der Waals surface area contributed by atoms with E-state index < -0.39 is 0 Å². The standard InChI is InChI=1S/C26H18Cl3N3OS/c1-15-6-8-18(27)12-22(15)30-26-31-25(33)24(34-26)11-17-14-32(23-5-3-2-4-19(17)23)13-16-7-9-20(28)21(29)10-16/h2-12,14H,13H2,1H3,(H,30,31,33)/b24-11-. The van der Waals surface area contributed by atoms with Crippen LogP contribution in [0.1, 0.15) is 16.7 Å². The van der Waals surface area contributed by atoms with Crippen LogP contribution in [0.15, 0.2) is 76.8 Å². The Bertz CT molecular complexity index is 1510. The minimum Gasteiger partial charge on any atom is -0.342 e. The summed E-state index contributed by atoms with van der Waals surface area (Å²) in [5, 5.41) is 6.10. The maximum atomic E-state index is 12.7. The third-order valence-corrected chi connectivity index (χ3v) is 7.37. The zero-order valence-electron chi connectivity index (χ0n) is 18.0. The summed E-state index contributed by atoms with van der Waals surface area (Å²) in [5.41, 5.74) is 4.76. The first-order valence-corrected chi connectivity index (χ1v) is 12.4. The van der Waals surface area contributed by atoms with Crippen LogP contribution in [-0.4, -0.2) is 15.6 Å². The first-order chi connectivity index (χ1) is 16.4. The maximum Gasteiger partial charge on any atom is 0.264 e. The van der Waals surface area contributed by atoms with E-state index in [0.29, 0.717) is 31.7 Å². The van der Waals surface area contributed by atoms with E-state index in [1.807, 2.05) is 55.6 Å². The van der Waals surface area contributed by atoms with Crippen molar-refractivity contribution >= 4 is 80.3 Å². The van der Waals surface area contributed by atoms with Gasteiger partial charge in [-0.2, -0.15) is 0 Å². The van der Waals surface area contributed by atoms with E-state index >= 15 is 0 Å². The van der Waals surface area contributed by atoms with Gasteiger partial charge in [0.1, 0.15) is 0 Å². The van der Waals surface area contributed by atoms with Crippen molar-refractivity contribution in [3.63, 3.8) is 0 Å². The molecular weight excluding hydrogens is 509 g/mol. The number of carbonyl (C=O) groups excluding carboxylic acids is 1. The summed E-state index contributed by atoms with van der Waals surface area (Å²) >= 11 is 19.7. The van der Waals surface area contributed by atoms with Crippen molar-refractivity contribution in [1.29, 1.82) is 0 Å². The van der Waals surface area contributed by atoms with Gasteiger partial charge in [-0.25, -0.2) is 4.99 Å². The molecule has 0 saturated carbocycles. The normalized spacial score (nSPS) is 16.1. The van der Waals surface area contributed by atoms with Gasteiger partial charge in [0.15, 0.2) is 5.17 Å². The zero-order chi connectivity index (χ0) is 23.8. The maximum absolute atomic E-state index is 12.7. The molecule has 0 spiro atoms. The molecule has 0 unspecified atom stereocenters. The second-order valence-electron chi connectivity index (χ2n) is 7.89. The Morgan fingerprint density at radius 2 is 1.85 bits per heavy atom. The number of benzene rings is 3. The van der Waals surface area contributed by atoms with E-state index in [2.05, 4.69) is 27.0 Å². The molecule has 0 radical (unpaired) electrons. The quantitative estimate of drug-likeness (QED) is 0.275. The Balaban J connectivity index is 1.48. The lowest BCUT2D eigenvalue weighted by Gasteiger charge is -2.06. The van der Waals surface area contributed by atoms with Gasteiger partial charge >= 0.3 is 0 Å². The lowest BCUT2D eigenvalue weighted by atomic mass is 10.1. The second-order valence-corrected chi connectivity index (χ2v) is 10.2. The predicted octanol–water partition coefficient (Wildman–Crippen LogP) is 7.85.